The smallest absolute Gasteiger partial charge is 0.225 e. The van der Waals surface area contributed by atoms with Crippen molar-refractivity contribution in [1.82, 2.24) is 9.80 Å². The summed E-state index contributed by atoms with van der Waals surface area (Å²) in [5.41, 5.74) is 0. The van der Waals surface area contributed by atoms with Crippen LogP contribution in [0.2, 0.25) is 0 Å². The Kier molecular flexibility index (Phi) is 6.08. The summed E-state index contributed by atoms with van der Waals surface area (Å²) in [6.45, 7) is 7.69. The Labute approximate surface area is 143 Å². The largest absolute Gasteiger partial charge is 0.378 e. The van der Waals surface area contributed by atoms with Gasteiger partial charge in [0.1, 0.15) is 0 Å². The standard InChI is InChI=1S/C18H28N2O2S/c1-2-4-16-13-15(6-11-22-16)18(21)20-9-7-19(8-10-20)14-17-5-3-12-23-17/h3,5,12,15-16H,2,4,6-11,13-14H2,1H3/t15-,16+/m0/s1. The van der Waals surface area contributed by atoms with Crippen LogP contribution < -0.4 is 0 Å². The van der Waals surface area contributed by atoms with E-state index in [9.17, 15) is 4.79 Å². The van der Waals surface area contributed by atoms with Crippen LogP contribution in [0.1, 0.15) is 37.5 Å². The number of thiophene rings is 1. The number of rotatable bonds is 5. The fourth-order valence-corrected chi connectivity index (χ4v) is 4.38. The van der Waals surface area contributed by atoms with Crippen LogP contribution in [0.25, 0.3) is 0 Å². The first kappa shape index (κ1) is 16.9. The van der Waals surface area contributed by atoms with E-state index in [4.69, 9.17) is 4.74 Å². The average Bonchev–Trinajstić information content (AvgIpc) is 3.08. The van der Waals surface area contributed by atoms with Crippen LogP contribution in [-0.2, 0) is 16.1 Å². The number of nitrogens with zero attached hydrogens (tertiary/aromatic N) is 2. The monoisotopic (exact) mass is 336 g/mol. The molecule has 3 rings (SSSR count). The van der Waals surface area contributed by atoms with Crippen LogP contribution in [0.15, 0.2) is 17.5 Å². The zero-order valence-corrected chi connectivity index (χ0v) is 14.9. The summed E-state index contributed by atoms with van der Waals surface area (Å²) >= 11 is 1.82. The molecule has 2 fully saturated rings. The van der Waals surface area contributed by atoms with Gasteiger partial charge in [-0.05, 0) is 30.7 Å². The molecule has 128 valence electrons. The van der Waals surface area contributed by atoms with Crippen LogP contribution >= 0.6 is 11.3 Å². The maximum Gasteiger partial charge on any atom is 0.225 e. The molecular formula is C18H28N2O2S. The van der Waals surface area contributed by atoms with E-state index in [0.717, 1.165) is 65.0 Å². The molecule has 4 nitrogen and oxygen atoms in total. The number of hydrogen-bond donors (Lipinski definition) is 0. The fraction of sp³-hybridized carbons (Fsp3) is 0.722. The lowest BCUT2D eigenvalue weighted by atomic mass is 9.92. The van der Waals surface area contributed by atoms with Gasteiger partial charge in [-0.3, -0.25) is 9.69 Å². The molecule has 0 N–H and O–H groups in total. The second kappa shape index (κ2) is 8.27. The summed E-state index contributed by atoms with van der Waals surface area (Å²) in [6, 6.07) is 4.30. The molecule has 0 aliphatic carbocycles. The molecule has 2 saturated heterocycles. The van der Waals surface area contributed by atoms with Crippen molar-refractivity contribution in [3.8, 4) is 0 Å². The Bertz CT molecular complexity index is 481. The zero-order chi connectivity index (χ0) is 16.1. The number of carbonyl (C=O) groups excluding carboxylic acids is 1. The number of ether oxygens (including phenoxy) is 1. The van der Waals surface area contributed by atoms with Crippen molar-refractivity contribution in [2.75, 3.05) is 32.8 Å². The first-order valence-corrected chi connectivity index (χ1v) is 9.79. The molecule has 0 spiro atoms. The molecule has 23 heavy (non-hydrogen) atoms. The lowest BCUT2D eigenvalue weighted by Gasteiger charge is -2.38. The summed E-state index contributed by atoms with van der Waals surface area (Å²) in [4.78, 5) is 18.7. The van der Waals surface area contributed by atoms with Gasteiger partial charge in [0.05, 0.1) is 6.10 Å². The third kappa shape index (κ3) is 4.55. The van der Waals surface area contributed by atoms with Gasteiger partial charge in [-0.15, -0.1) is 11.3 Å². The zero-order valence-electron chi connectivity index (χ0n) is 14.1. The Morgan fingerprint density at radius 3 is 2.87 bits per heavy atom. The molecule has 2 atom stereocenters. The Balaban J connectivity index is 1.46. The van der Waals surface area contributed by atoms with Gasteiger partial charge >= 0.3 is 0 Å². The molecule has 3 heterocycles. The van der Waals surface area contributed by atoms with Crippen LogP contribution in [0.5, 0.6) is 0 Å². The molecule has 5 heteroatoms. The Morgan fingerprint density at radius 2 is 2.17 bits per heavy atom. The van der Waals surface area contributed by atoms with Crippen LogP contribution in [-0.4, -0.2) is 54.6 Å². The van der Waals surface area contributed by atoms with Crippen molar-refractivity contribution in [2.45, 2.75) is 45.3 Å². The summed E-state index contributed by atoms with van der Waals surface area (Å²) < 4.78 is 5.78. The van der Waals surface area contributed by atoms with E-state index in [2.05, 4.69) is 34.2 Å². The summed E-state index contributed by atoms with van der Waals surface area (Å²) in [5.74, 6) is 0.550. The molecular weight excluding hydrogens is 308 g/mol. The van der Waals surface area contributed by atoms with Gasteiger partial charge in [0.2, 0.25) is 5.91 Å². The maximum absolute atomic E-state index is 12.8. The van der Waals surface area contributed by atoms with Gasteiger partial charge < -0.3 is 9.64 Å². The summed E-state index contributed by atoms with van der Waals surface area (Å²) in [6.07, 6.45) is 4.32. The van der Waals surface area contributed by atoms with Gasteiger partial charge in [0, 0.05) is 50.1 Å². The summed E-state index contributed by atoms with van der Waals surface area (Å²) in [5, 5.41) is 2.13. The van der Waals surface area contributed by atoms with Gasteiger partial charge in [0.15, 0.2) is 0 Å². The van der Waals surface area contributed by atoms with Crippen molar-refractivity contribution in [3.63, 3.8) is 0 Å². The molecule has 0 radical (unpaired) electrons. The van der Waals surface area contributed by atoms with Crippen molar-refractivity contribution in [1.29, 1.82) is 0 Å². The minimum Gasteiger partial charge on any atom is -0.378 e. The minimum absolute atomic E-state index is 0.184. The molecule has 1 aromatic heterocycles. The van der Waals surface area contributed by atoms with E-state index in [0.29, 0.717) is 12.0 Å². The Morgan fingerprint density at radius 1 is 1.35 bits per heavy atom. The quantitative estimate of drug-likeness (QED) is 0.829. The Hall–Kier alpha value is -0.910. The topological polar surface area (TPSA) is 32.8 Å². The van der Waals surface area contributed by atoms with E-state index >= 15 is 0 Å². The van der Waals surface area contributed by atoms with Gasteiger partial charge in [0.25, 0.3) is 0 Å². The number of piperazine rings is 1. The van der Waals surface area contributed by atoms with Crippen molar-refractivity contribution in [3.05, 3.63) is 22.4 Å². The first-order valence-electron chi connectivity index (χ1n) is 8.91. The van der Waals surface area contributed by atoms with E-state index in [1.54, 1.807) is 0 Å². The predicted molar refractivity (Wildman–Crippen MR) is 93.5 cm³/mol. The predicted octanol–water partition coefficient (Wildman–Crippen LogP) is 2.99. The lowest BCUT2D eigenvalue weighted by molar-refractivity contribution is -0.142. The SMILES string of the molecule is CCC[C@@H]1C[C@@H](C(=O)N2CCN(Cc3cccs3)CC2)CCO1. The third-order valence-corrected chi connectivity index (χ3v) is 5.83. The highest BCUT2D eigenvalue weighted by molar-refractivity contribution is 7.09. The second-order valence-electron chi connectivity index (χ2n) is 6.68. The van der Waals surface area contributed by atoms with E-state index in [1.165, 1.54) is 4.88 Å². The molecule has 0 aromatic carbocycles. The van der Waals surface area contributed by atoms with Gasteiger partial charge in [-0.25, -0.2) is 0 Å². The molecule has 2 aliphatic rings. The van der Waals surface area contributed by atoms with Crippen molar-refractivity contribution >= 4 is 17.2 Å². The molecule has 1 aromatic rings. The van der Waals surface area contributed by atoms with Crippen LogP contribution in [0.4, 0.5) is 0 Å². The van der Waals surface area contributed by atoms with Crippen LogP contribution in [0, 0.1) is 5.92 Å². The van der Waals surface area contributed by atoms with Gasteiger partial charge in [-0.2, -0.15) is 0 Å². The maximum atomic E-state index is 12.8. The van der Waals surface area contributed by atoms with Crippen molar-refractivity contribution < 1.29 is 9.53 Å². The van der Waals surface area contributed by atoms with E-state index in [1.807, 2.05) is 11.3 Å². The second-order valence-corrected chi connectivity index (χ2v) is 7.72. The highest BCUT2D eigenvalue weighted by atomic mass is 32.1. The fourth-order valence-electron chi connectivity index (χ4n) is 3.64. The normalized spacial score (nSPS) is 26.4. The van der Waals surface area contributed by atoms with Crippen molar-refractivity contribution in [2.24, 2.45) is 5.92 Å². The van der Waals surface area contributed by atoms with Gasteiger partial charge in [-0.1, -0.05) is 19.4 Å². The summed E-state index contributed by atoms with van der Waals surface area (Å²) in [7, 11) is 0. The molecule has 0 bridgehead atoms. The lowest BCUT2D eigenvalue weighted by Crippen LogP contribution is -2.50. The first-order chi connectivity index (χ1) is 11.3. The number of hydrogen-bond acceptors (Lipinski definition) is 4. The third-order valence-electron chi connectivity index (χ3n) is 4.97. The minimum atomic E-state index is 0.184. The molecule has 2 aliphatic heterocycles. The number of amides is 1. The number of carbonyl (C=O) groups is 1. The van der Waals surface area contributed by atoms with E-state index in [-0.39, 0.29) is 5.92 Å². The highest BCUT2D eigenvalue weighted by Gasteiger charge is 2.31. The van der Waals surface area contributed by atoms with E-state index < -0.39 is 0 Å². The average molecular weight is 337 g/mol. The molecule has 1 amide bonds. The van der Waals surface area contributed by atoms with Crippen LogP contribution in [0.3, 0.4) is 0 Å². The molecule has 0 unspecified atom stereocenters. The molecule has 0 saturated carbocycles. The highest BCUT2D eigenvalue weighted by Crippen LogP contribution is 2.25.